The molecule has 2 aromatic carbocycles. The van der Waals surface area contributed by atoms with Crippen molar-refractivity contribution in [2.24, 2.45) is 0 Å². The number of hydrogen-bond acceptors (Lipinski definition) is 2. The number of carbonyl (C=O) groups is 2. The topological polar surface area (TPSA) is 74.6 Å². The van der Waals surface area contributed by atoms with Gasteiger partial charge in [0.1, 0.15) is 0 Å². The summed E-state index contributed by atoms with van der Waals surface area (Å²) in [5.74, 6) is -2.49. The maximum atomic E-state index is 11.3. The summed E-state index contributed by atoms with van der Waals surface area (Å²) in [5.41, 5.74) is 0.695. The van der Waals surface area contributed by atoms with Crippen LogP contribution in [0.15, 0.2) is 48.5 Å². The molecule has 0 amide bonds. The first-order valence-corrected chi connectivity index (χ1v) is 5.26. The SMILES string of the molecule is O=C(O)c1cccc(-c2ccccc2)c1C(=O)O. The van der Waals surface area contributed by atoms with E-state index in [4.69, 9.17) is 5.11 Å². The van der Waals surface area contributed by atoms with Crippen LogP contribution in [0.1, 0.15) is 20.7 Å². The lowest BCUT2D eigenvalue weighted by Gasteiger charge is -2.08. The van der Waals surface area contributed by atoms with Gasteiger partial charge >= 0.3 is 11.9 Å². The van der Waals surface area contributed by atoms with E-state index in [-0.39, 0.29) is 11.1 Å². The van der Waals surface area contributed by atoms with Crippen molar-refractivity contribution in [2.75, 3.05) is 0 Å². The van der Waals surface area contributed by atoms with Gasteiger partial charge in [0.25, 0.3) is 0 Å². The molecule has 0 atom stereocenters. The molecular formula is C14H10O4. The lowest BCUT2D eigenvalue weighted by molar-refractivity contribution is 0.0652. The molecule has 0 saturated heterocycles. The largest absolute Gasteiger partial charge is 0.478 e. The highest BCUT2D eigenvalue weighted by molar-refractivity contribution is 6.06. The van der Waals surface area contributed by atoms with Crippen LogP contribution < -0.4 is 0 Å². The van der Waals surface area contributed by atoms with Gasteiger partial charge < -0.3 is 10.2 Å². The van der Waals surface area contributed by atoms with E-state index in [1.54, 1.807) is 30.3 Å². The highest BCUT2D eigenvalue weighted by Crippen LogP contribution is 2.26. The summed E-state index contributed by atoms with van der Waals surface area (Å²) in [6, 6.07) is 13.3. The van der Waals surface area contributed by atoms with Crippen molar-refractivity contribution in [1.29, 1.82) is 0 Å². The quantitative estimate of drug-likeness (QED) is 0.867. The maximum absolute atomic E-state index is 11.3. The highest BCUT2D eigenvalue weighted by atomic mass is 16.4. The predicted octanol–water partition coefficient (Wildman–Crippen LogP) is 2.75. The molecule has 0 heterocycles. The fraction of sp³-hybridized carbons (Fsp3) is 0. The molecule has 0 unspecified atom stereocenters. The lowest BCUT2D eigenvalue weighted by Crippen LogP contribution is -2.09. The Balaban J connectivity index is 2.72. The molecule has 4 heteroatoms. The Morgan fingerprint density at radius 3 is 2.00 bits per heavy atom. The minimum Gasteiger partial charge on any atom is -0.478 e. The normalized spacial score (nSPS) is 10.0. The third-order valence-corrected chi connectivity index (χ3v) is 2.59. The first-order valence-electron chi connectivity index (χ1n) is 5.26. The molecule has 0 spiro atoms. The number of carboxylic acids is 2. The van der Waals surface area contributed by atoms with E-state index in [2.05, 4.69) is 0 Å². The molecule has 0 saturated carbocycles. The summed E-state index contributed by atoms with van der Waals surface area (Å²) in [7, 11) is 0. The van der Waals surface area contributed by atoms with Gasteiger partial charge in [0, 0.05) is 0 Å². The molecule has 0 aliphatic rings. The first kappa shape index (κ1) is 11.9. The van der Waals surface area contributed by atoms with Gasteiger partial charge in [-0.2, -0.15) is 0 Å². The maximum Gasteiger partial charge on any atom is 0.337 e. The van der Waals surface area contributed by atoms with E-state index in [0.29, 0.717) is 11.1 Å². The zero-order chi connectivity index (χ0) is 13.1. The third-order valence-electron chi connectivity index (χ3n) is 2.59. The number of benzene rings is 2. The molecule has 0 aromatic heterocycles. The smallest absolute Gasteiger partial charge is 0.337 e. The van der Waals surface area contributed by atoms with Crippen molar-refractivity contribution in [2.45, 2.75) is 0 Å². The van der Waals surface area contributed by atoms with E-state index < -0.39 is 11.9 Å². The van der Waals surface area contributed by atoms with E-state index in [1.807, 2.05) is 6.07 Å². The minimum atomic E-state index is -1.25. The van der Waals surface area contributed by atoms with Crippen LogP contribution in [-0.2, 0) is 0 Å². The summed E-state index contributed by atoms with van der Waals surface area (Å²) < 4.78 is 0. The Hall–Kier alpha value is -2.62. The van der Waals surface area contributed by atoms with Gasteiger partial charge in [-0.1, -0.05) is 42.5 Å². The average molecular weight is 242 g/mol. The zero-order valence-electron chi connectivity index (χ0n) is 9.33. The molecule has 18 heavy (non-hydrogen) atoms. The molecule has 4 nitrogen and oxygen atoms in total. The average Bonchev–Trinajstić information content (AvgIpc) is 2.38. The van der Waals surface area contributed by atoms with Crippen molar-refractivity contribution < 1.29 is 19.8 Å². The summed E-state index contributed by atoms with van der Waals surface area (Å²) in [4.78, 5) is 22.3. The van der Waals surface area contributed by atoms with Gasteiger partial charge in [0.15, 0.2) is 0 Å². The molecule has 0 aliphatic heterocycles. The van der Waals surface area contributed by atoms with Crippen LogP contribution in [0.2, 0.25) is 0 Å². The molecule has 2 rings (SSSR count). The molecule has 2 aromatic rings. The second kappa shape index (κ2) is 4.71. The lowest BCUT2D eigenvalue weighted by atomic mass is 9.95. The second-order valence-electron chi connectivity index (χ2n) is 3.70. The monoisotopic (exact) mass is 242 g/mol. The molecule has 0 radical (unpaired) electrons. The van der Waals surface area contributed by atoms with Crippen molar-refractivity contribution in [3.8, 4) is 11.1 Å². The van der Waals surface area contributed by atoms with Crippen molar-refractivity contribution >= 4 is 11.9 Å². The van der Waals surface area contributed by atoms with E-state index in [1.165, 1.54) is 12.1 Å². The van der Waals surface area contributed by atoms with Crippen LogP contribution in [0.5, 0.6) is 0 Å². The molecule has 90 valence electrons. The van der Waals surface area contributed by atoms with E-state index >= 15 is 0 Å². The van der Waals surface area contributed by atoms with Gasteiger partial charge in [0.2, 0.25) is 0 Å². The Kier molecular flexibility index (Phi) is 3.10. The summed E-state index contributed by atoms with van der Waals surface area (Å²) in [6.45, 7) is 0. The number of rotatable bonds is 3. The molecule has 0 aliphatic carbocycles. The predicted molar refractivity (Wildman–Crippen MR) is 65.8 cm³/mol. The van der Waals surface area contributed by atoms with Gasteiger partial charge in [-0.05, 0) is 17.2 Å². The summed E-state index contributed by atoms with van der Waals surface area (Å²) in [5, 5.41) is 18.2. The van der Waals surface area contributed by atoms with Crippen LogP contribution >= 0.6 is 0 Å². The van der Waals surface area contributed by atoms with Crippen LogP contribution in [-0.4, -0.2) is 22.2 Å². The summed E-state index contributed by atoms with van der Waals surface area (Å²) >= 11 is 0. The fourth-order valence-corrected chi connectivity index (χ4v) is 1.82. The van der Waals surface area contributed by atoms with Gasteiger partial charge in [-0.3, -0.25) is 0 Å². The number of hydrogen-bond donors (Lipinski definition) is 2. The molecule has 0 bridgehead atoms. The van der Waals surface area contributed by atoms with Gasteiger partial charge in [-0.25, -0.2) is 9.59 Å². The van der Waals surface area contributed by atoms with Crippen LogP contribution in [0, 0.1) is 0 Å². The Morgan fingerprint density at radius 2 is 1.44 bits per heavy atom. The first-order chi connectivity index (χ1) is 8.61. The van der Waals surface area contributed by atoms with Crippen LogP contribution in [0.3, 0.4) is 0 Å². The van der Waals surface area contributed by atoms with Crippen LogP contribution in [0.4, 0.5) is 0 Å². The summed E-state index contributed by atoms with van der Waals surface area (Å²) in [6.07, 6.45) is 0. The van der Waals surface area contributed by atoms with Gasteiger partial charge in [-0.15, -0.1) is 0 Å². The Morgan fingerprint density at radius 1 is 0.778 bits per heavy atom. The molecule has 2 N–H and O–H groups in total. The molecule has 0 fully saturated rings. The number of aromatic carboxylic acids is 2. The second-order valence-corrected chi connectivity index (χ2v) is 3.70. The third kappa shape index (κ3) is 2.08. The fourth-order valence-electron chi connectivity index (χ4n) is 1.82. The van der Waals surface area contributed by atoms with Crippen molar-refractivity contribution in [3.63, 3.8) is 0 Å². The highest BCUT2D eigenvalue weighted by Gasteiger charge is 2.20. The Bertz CT molecular complexity index is 602. The Labute approximate surface area is 103 Å². The van der Waals surface area contributed by atoms with E-state index in [9.17, 15) is 14.7 Å². The zero-order valence-corrected chi connectivity index (χ0v) is 9.33. The van der Waals surface area contributed by atoms with Crippen molar-refractivity contribution in [1.82, 2.24) is 0 Å². The van der Waals surface area contributed by atoms with E-state index in [0.717, 1.165) is 0 Å². The van der Waals surface area contributed by atoms with Crippen LogP contribution in [0.25, 0.3) is 11.1 Å². The minimum absolute atomic E-state index is 0.184. The molecular weight excluding hydrogens is 232 g/mol. The van der Waals surface area contributed by atoms with Crippen molar-refractivity contribution in [3.05, 3.63) is 59.7 Å². The standard InChI is InChI=1S/C14H10O4/c15-13(16)11-8-4-7-10(12(11)14(17)18)9-5-2-1-3-6-9/h1-8H,(H,15,16)(H,17,18). The van der Waals surface area contributed by atoms with Gasteiger partial charge in [0.05, 0.1) is 11.1 Å². The number of carboxylic acid groups (broad SMARTS) is 2.